The fourth-order valence-electron chi connectivity index (χ4n) is 2.39. The van der Waals surface area contributed by atoms with E-state index in [0.29, 0.717) is 22.9 Å². The molecule has 1 aliphatic heterocycles. The predicted octanol–water partition coefficient (Wildman–Crippen LogP) is 2.49. The molecule has 2 N–H and O–H groups in total. The van der Waals surface area contributed by atoms with Crippen LogP contribution < -0.4 is 15.0 Å². The zero-order valence-electron chi connectivity index (χ0n) is 14.4. The molecular weight excluding hydrogens is 364 g/mol. The van der Waals surface area contributed by atoms with Crippen molar-refractivity contribution < 1.29 is 29.0 Å². The van der Waals surface area contributed by atoms with Gasteiger partial charge in [-0.3, -0.25) is 14.4 Å². The highest BCUT2D eigenvalue weighted by atomic mass is 16.5. The van der Waals surface area contributed by atoms with Crippen LogP contribution in [-0.4, -0.2) is 28.8 Å². The lowest BCUT2D eigenvalue weighted by Crippen LogP contribution is -2.29. The van der Waals surface area contributed by atoms with Gasteiger partial charge in [0.15, 0.2) is 0 Å². The molecule has 3 rings (SSSR count). The maximum atomic E-state index is 11.7. The highest BCUT2D eigenvalue weighted by Crippen LogP contribution is 2.26. The lowest BCUT2D eigenvalue weighted by atomic mass is 10.2. The molecule has 0 unspecified atom stereocenters. The summed E-state index contributed by atoms with van der Waals surface area (Å²) in [7, 11) is 0. The second kappa shape index (κ2) is 8.00. The lowest BCUT2D eigenvalue weighted by molar-refractivity contribution is -0.131. The summed E-state index contributed by atoms with van der Waals surface area (Å²) in [5, 5.41) is 11.0. The summed E-state index contributed by atoms with van der Waals surface area (Å²) in [4.78, 5) is 46.3. The van der Waals surface area contributed by atoms with E-state index in [1.807, 2.05) is 0 Å². The van der Waals surface area contributed by atoms with Crippen LogP contribution in [0, 0.1) is 0 Å². The van der Waals surface area contributed by atoms with E-state index < -0.39 is 23.7 Å². The molecule has 0 aliphatic carbocycles. The largest absolute Gasteiger partial charge is 0.478 e. The molecule has 0 bridgehead atoms. The molecule has 0 radical (unpaired) electrons. The molecular formula is C20H14N2O6. The fourth-order valence-corrected chi connectivity index (χ4v) is 2.39. The Morgan fingerprint density at radius 2 is 1.39 bits per heavy atom. The Balaban J connectivity index is 1.61. The van der Waals surface area contributed by atoms with Gasteiger partial charge in [0.2, 0.25) is 5.91 Å². The molecule has 28 heavy (non-hydrogen) atoms. The number of nitrogens with one attached hydrogen (secondary N) is 1. The first kappa shape index (κ1) is 18.6. The highest BCUT2D eigenvalue weighted by Gasteiger charge is 2.24. The quantitative estimate of drug-likeness (QED) is 0.590. The number of carbonyl (C=O) groups excluding carboxylic acids is 3. The molecule has 1 aliphatic rings. The second-order valence-corrected chi connectivity index (χ2v) is 5.63. The molecule has 0 aromatic heterocycles. The molecule has 0 saturated carbocycles. The molecule has 8 heteroatoms. The van der Waals surface area contributed by atoms with Crippen molar-refractivity contribution in [1.82, 2.24) is 0 Å². The van der Waals surface area contributed by atoms with E-state index in [4.69, 9.17) is 9.84 Å². The van der Waals surface area contributed by atoms with Gasteiger partial charge in [-0.2, -0.15) is 0 Å². The number of hydrogen-bond acceptors (Lipinski definition) is 5. The number of imide groups is 1. The summed E-state index contributed by atoms with van der Waals surface area (Å²) in [6.45, 7) is 0. The summed E-state index contributed by atoms with van der Waals surface area (Å²) in [6.07, 6.45) is 4.09. The Kier molecular flexibility index (Phi) is 5.31. The Morgan fingerprint density at radius 1 is 0.857 bits per heavy atom. The van der Waals surface area contributed by atoms with Crippen molar-refractivity contribution in [2.24, 2.45) is 0 Å². The molecule has 0 fully saturated rings. The molecule has 3 amide bonds. The van der Waals surface area contributed by atoms with E-state index in [2.05, 4.69) is 5.32 Å². The minimum Gasteiger partial charge on any atom is -0.478 e. The van der Waals surface area contributed by atoms with Gasteiger partial charge in [-0.05, 0) is 48.5 Å². The zero-order valence-corrected chi connectivity index (χ0v) is 14.4. The number of amides is 3. The molecule has 8 nitrogen and oxygen atoms in total. The van der Waals surface area contributed by atoms with Gasteiger partial charge in [0.1, 0.15) is 11.5 Å². The number of carbonyl (C=O) groups is 4. The minimum atomic E-state index is -1.21. The normalized spacial score (nSPS) is 13.2. The predicted molar refractivity (Wildman–Crippen MR) is 100.0 cm³/mol. The Labute approximate surface area is 159 Å². The van der Waals surface area contributed by atoms with Crippen molar-refractivity contribution in [2.45, 2.75) is 0 Å². The number of hydrogen-bond donors (Lipinski definition) is 2. The van der Waals surface area contributed by atoms with Crippen LogP contribution in [-0.2, 0) is 19.2 Å². The highest BCUT2D eigenvalue weighted by molar-refractivity contribution is 6.28. The summed E-state index contributed by atoms with van der Waals surface area (Å²) < 4.78 is 5.68. The molecule has 0 spiro atoms. The van der Waals surface area contributed by atoms with Gasteiger partial charge in [-0.1, -0.05) is 0 Å². The van der Waals surface area contributed by atoms with E-state index in [0.717, 1.165) is 17.1 Å². The fraction of sp³-hybridized carbons (Fsp3) is 0. The van der Waals surface area contributed by atoms with Gasteiger partial charge in [0.05, 0.1) is 5.69 Å². The van der Waals surface area contributed by atoms with Crippen molar-refractivity contribution in [2.75, 3.05) is 10.2 Å². The second-order valence-electron chi connectivity index (χ2n) is 5.63. The van der Waals surface area contributed by atoms with Gasteiger partial charge in [-0.25, -0.2) is 9.69 Å². The number of carboxylic acids is 1. The minimum absolute atomic E-state index is 0.394. The number of anilines is 2. The third kappa shape index (κ3) is 4.50. The summed E-state index contributed by atoms with van der Waals surface area (Å²) >= 11 is 0. The van der Waals surface area contributed by atoms with Crippen molar-refractivity contribution in [3.8, 4) is 11.5 Å². The van der Waals surface area contributed by atoms with Crippen LogP contribution in [0.3, 0.4) is 0 Å². The van der Waals surface area contributed by atoms with Gasteiger partial charge in [0, 0.05) is 30.0 Å². The average Bonchev–Trinajstić information content (AvgIpc) is 3.01. The molecule has 140 valence electrons. The third-order valence-electron chi connectivity index (χ3n) is 3.64. The molecule has 0 saturated heterocycles. The van der Waals surface area contributed by atoms with Crippen LogP contribution in [0.15, 0.2) is 72.8 Å². The maximum Gasteiger partial charge on any atom is 0.328 e. The van der Waals surface area contributed by atoms with Gasteiger partial charge in [0.25, 0.3) is 11.8 Å². The van der Waals surface area contributed by atoms with E-state index in [9.17, 15) is 19.2 Å². The van der Waals surface area contributed by atoms with E-state index in [-0.39, 0.29) is 0 Å². The van der Waals surface area contributed by atoms with Crippen molar-refractivity contribution in [1.29, 1.82) is 0 Å². The third-order valence-corrected chi connectivity index (χ3v) is 3.64. The van der Waals surface area contributed by atoms with Crippen LogP contribution in [0.25, 0.3) is 0 Å². The monoisotopic (exact) mass is 378 g/mol. The maximum absolute atomic E-state index is 11.7. The van der Waals surface area contributed by atoms with E-state index >= 15 is 0 Å². The Morgan fingerprint density at radius 3 is 1.93 bits per heavy atom. The molecule has 1 heterocycles. The van der Waals surface area contributed by atoms with Crippen molar-refractivity contribution >= 4 is 35.1 Å². The van der Waals surface area contributed by atoms with Crippen molar-refractivity contribution in [3.63, 3.8) is 0 Å². The van der Waals surface area contributed by atoms with E-state index in [1.165, 1.54) is 12.2 Å². The summed E-state index contributed by atoms with van der Waals surface area (Å²) in [6, 6.07) is 12.9. The van der Waals surface area contributed by atoms with Gasteiger partial charge < -0.3 is 15.2 Å². The number of nitrogens with zero attached hydrogens (tertiary/aromatic N) is 1. The van der Waals surface area contributed by atoms with Crippen molar-refractivity contribution in [3.05, 3.63) is 72.8 Å². The number of aliphatic carboxylic acids is 1. The Bertz CT molecular complexity index is 972. The number of benzene rings is 2. The average molecular weight is 378 g/mol. The van der Waals surface area contributed by atoms with Crippen LogP contribution >= 0.6 is 0 Å². The van der Waals surface area contributed by atoms with Crippen LogP contribution in [0.1, 0.15) is 0 Å². The molecule has 2 aromatic carbocycles. The topological polar surface area (TPSA) is 113 Å². The summed E-state index contributed by atoms with van der Waals surface area (Å²) in [5.74, 6) is -1.56. The number of rotatable bonds is 6. The smallest absolute Gasteiger partial charge is 0.328 e. The van der Waals surface area contributed by atoms with E-state index in [1.54, 1.807) is 48.5 Å². The molecule has 0 atom stereocenters. The first-order chi connectivity index (χ1) is 13.4. The number of carboxylic acid groups (broad SMARTS) is 1. The Hall–Kier alpha value is -4.20. The van der Waals surface area contributed by atoms with Gasteiger partial charge in [-0.15, -0.1) is 0 Å². The lowest BCUT2D eigenvalue weighted by Gasteiger charge is -2.14. The van der Waals surface area contributed by atoms with Crippen LogP contribution in [0.5, 0.6) is 11.5 Å². The first-order valence-corrected chi connectivity index (χ1v) is 8.08. The molecule has 2 aromatic rings. The van der Waals surface area contributed by atoms with Crippen LogP contribution in [0.4, 0.5) is 11.4 Å². The van der Waals surface area contributed by atoms with Gasteiger partial charge >= 0.3 is 5.97 Å². The zero-order chi connectivity index (χ0) is 20.1. The number of ether oxygens (including phenoxy) is 1. The summed E-state index contributed by atoms with van der Waals surface area (Å²) in [5.41, 5.74) is 0.918. The SMILES string of the molecule is O=C(O)/C=C/C(=O)Nc1ccc(Oc2ccc(N3C(=O)C=CC3=O)cc2)cc1. The first-order valence-electron chi connectivity index (χ1n) is 8.08. The van der Waals surface area contributed by atoms with Crippen LogP contribution in [0.2, 0.25) is 0 Å². The standard InChI is InChI=1S/C20H14N2O6/c23-17(9-12-20(26)27)21-13-1-5-15(6-2-13)28-16-7-3-14(4-8-16)22-18(24)10-11-19(22)25/h1-12H,(H,21,23)(H,26,27)/b12-9+.